The molecule has 4 rings (SSSR count). The summed E-state index contributed by atoms with van der Waals surface area (Å²) in [7, 11) is 1.65. The molecule has 2 heterocycles. The Morgan fingerprint density at radius 2 is 1.77 bits per heavy atom. The number of piperidine rings is 1. The lowest BCUT2D eigenvalue weighted by Crippen LogP contribution is -2.52. The molecule has 1 aromatic heterocycles. The van der Waals surface area contributed by atoms with E-state index in [1.165, 1.54) is 0 Å². The number of amides is 1. The summed E-state index contributed by atoms with van der Waals surface area (Å²) >= 11 is 0. The number of carbonyl (C=O) groups is 1. The Morgan fingerprint density at radius 3 is 2.47 bits per heavy atom. The summed E-state index contributed by atoms with van der Waals surface area (Å²) in [4.78, 5) is 24.4. The minimum atomic E-state index is -0.616. The molecule has 1 N–H and O–H groups in total. The summed E-state index contributed by atoms with van der Waals surface area (Å²) in [6, 6.07) is 19.7. The number of methoxy groups -OCH3 is 1. The molecule has 0 bridgehead atoms. The molecule has 3 aromatic rings. The van der Waals surface area contributed by atoms with E-state index in [0.29, 0.717) is 38.4 Å². The van der Waals surface area contributed by atoms with E-state index in [2.05, 4.69) is 20.2 Å². The zero-order valence-corrected chi connectivity index (χ0v) is 17.1. The third-order valence-corrected chi connectivity index (χ3v) is 5.80. The van der Waals surface area contributed by atoms with Gasteiger partial charge in [0.15, 0.2) is 0 Å². The SMILES string of the molecule is COc1cccc(C2(C(=O)NCc3ccccc3)CCN(c3ncccn3)CC2)c1. The van der Waals surface area contributed by atoms with E-state index in [1.807, 2.05) is 60.7 Å². The van der Waals surface area contributed by atoms with Crippen LogP contribution in [0.3, 0.4) is 0 Å². The smallest absolute Gasteiger partial charge is 0.231 e. The molecule has 30 heavy (non-hydrogen) atoms. The van der Waals surface area contributed by atoms with Crippen LogP contribution in [0.1, 0.15) is 24.0 Å². The van der Waals surface area contributed by atoms with E-state index in [4.69, 9.17) is 4.74 Å². The van der Waals surface area contributed by atoms with Crippen molar-refractivity contribution in [2.45, 2.75) is 24.8 Å². The molecule has 0 atom stereocenters. The summed E-state index contributed by atoms with van der Waals surface area (Å²) in [5.41, 5.74) is 1.46. The summed E-state index contributed by atoms with van der Waals surface area (Å²) in [6.45, 7) is 1.93. The van der Waals surface area contributed by atoms with Gasteiger partial charge in [-0.1, -0.05) is 42.5 Å². The molecule has 0 aliphatic carbocycles. The number of ether oxygens (including phenoxy) is 1. The van der Waals surface area contributed by atoms with Crippen molar-refractivity contribution in [3.05, 3.63) is 84.2 Å². The Hall–Kier alpha value is -3.41. The number of hydrogen-bond donors (Lipinski definition) is 1. The van der Waals surface area contributed by atoms with Gasteiger partial charge in [0.2, 0.25) is 11.9 Å². The molecule has 1 saturated heterocycles. The predicted molar refractivity (Wildman–Crippen MR) is 116 cm³/mol. The Labute approximate surface area is 176 Å². The average Bonchev–Trinajstić information content (AvgIpc) is 2.84. The van der Waals surface area contributed by atoms with Crippen molar-refractivity contribution < 1.29 is 9.53 Å². The van der Waals surface area contributed by atoms with Crippen molar-refractivity contribution in [3.63, 3.8) is 0 Å². The number of anilines is 1. The summed E-state index contributed by atoms with van der Waals surface area (Å²) in [6.07, 6.45) is 4.86. The van der Waals surface area contributed by atoms with Crippen LogP contribution in [0.5, 0.6) is 5.75 Å². The molecule has 0 unspecified atom stereocenters. The highest BCUT2D eigenvalue weighted by Gasteiger charge is 2.43. The van der Waals surface area contributed by atoms with Gasteiger partial charge in [0.1, 0.15) is 5.75 Å². The third-order valence-electron chi connectivity index (χ3n) is 5.80. The van der Waals surface area contributed by atoms with Crippen molar-refractivity contribution in [2.75, 3.05) is 25.1 Å². The van der Waals surface area contributed by atoms with Crippen molar-refractivity contribution in [2.24, 2.45) is 0 Å². The van der Waals surface area contributed by atoms with Crippen LogP contribution in [0.4, 0.5) is 5.95 Å². The maximum Gasteiger partial charge on any atom is 0.231 e. The van der Waals surface area contributed by atoms with Gasteiger partial charge < -0.3 is 15.0 Å². The van der Waals surface area contributed by atoms with Gasteiger partial charge in [-0.15, -0.1) is 0 Å². The second kappa shape index (κ2) is 8.95. The molecule has 0 spiro atoms. The van der Waals surface area contributed by atoms with Gasteiger partial charge in [-0.3, -0.25) is 4.79 Å². The molecule has 1 aliphatic rings. The Bertz CT molecular complexity index is 971. The highest BCUT2D eigenvalue weighted by atomic mass is 16.5. The number of benzene rings is 2. The summed E-state index contributed by atoms with van der Waals surface area (Å²) in [5, 5.41) is 3.17. The molecule has 1 amide bonds. The van der Waals surface area contributed by atoms with Crippen LogP contribution in [0.15, 0.2) is 73.1 Å². The number of rotatable bonds is 6. The predicted octanol–water partition coefficient (Wildman–Crippen LogP) is 3.34. The van der Waals surface area contributed by atoms with E-state index in [9.17, 15) is 4.79 Å². The number of nitrogens with zero attached hydrogens (tertiary/aromatic N) is 3. The second-order valence-electron chi connectivity index (χ2n) is 7.52. The first-order valence-electron chi connectivity index (χ1n) is 10.2. The lowest BCUT2D eigenvalue weighted by atomic mass is 9.72. The van der Waals surface area contributed by atoms with E-state index >= 15 is 0 Å². The monoisotopic (exact) mass is 402 g/mol. The zero-order valence-electron chi connectivity index (χ0n) is 17.1. The molecular formula is C24H26N4O2. The van der Waals surface area contributed by atoms with Gasteiger partial charge in [-0.2, -0.15) is 0 Å². The standard InChI is InChI=1S/C24H26N4O2/c1-30-21-10-5-9-20(17-21)24(22(29)27-18-19-7-3-2-4-8-19)11-15-28(16-12-24)23-25-13-6-14-26-23/h2-10,13-14,17H,11-12,15-16,18H2,1H3,(H,27,29). The quantitative estimate of drug-likeness (QED) is 0.685. The fraction of sp³-hybridized carbons (Fsp3) is 0.292. The molecule has 1 aliphatic heterocycles. The Morgan fingerprint density at radius 1 is 1.03 bits per heavy atom. The zero-order chi connectivity index (χ0) is 20.8. The first-order chi connectivity index (χ1) is 14.7. The van der Waals surface area contributed by atoms with Gasteiger partial charge >= 0.3 is 0 Å². The molecule has 154 valence electrons. The molecular weight excluding hydrogens is 376 g/mol. The van der Waals surface area contributed by atoms with Crippen LogP contribution in [0, 0.1) is 0 Å². The average molecular weight is 402 g/mol. The summed E-state index contributed by atoms with van der Waals surface area (Å²) < 4.78 is 5.43. The minimum Gasteiger partial charge on any atom is -0.497 e. The van der Waals surface area contributed by atoms with E-state index in [1.54, 1.807) is 19.5 Å². The van der Waals surface area contributed by atoms with Crippen LogP contribution in [-0.4, -0.2) is 36.1 Å². The van der Waals surface area contributed by atoms with Crippen LogP contribution in [-0.2, 0) is 16.8 Å². The third kappa shape index (κ3) is 4.13. The van der Waals surface area contributed by atoms with Gasteiger partial charge in [0.05, 0.1) is 12.5 Å². The molecule has 1 fully saturated rings. The number of hydrogen-bond acceptors (Lipinski definition) is 5. The van der Waals surface area contributed by atoms with Crippen LogP contribution in [0.25, 0.3) is 0 Å². The molecule has 6 nitrogen and oxygen atoms in total. The second-order valence-corrected chi connectivity index (χ2v) is 7.52. The maximum atomic E-state index is 13.5. The topological polar surface area (TPSA) is 67.3 Å². The molecule has 6 heteroatoms. The minimum absolute atomic E-state index is 0.0493. The lowest BCUT2D eigenvalue weighted by molar-refractivity contribution is -0.127. The fourth-order valence-electron chi connectivity index (χ4n) is 4.06. The lowest BCUT2D eigenvalue weighted by Gasteiger charge is -2.41. The van der Waals surface area contributed by atoms with Gasteiger partial charge in [0, 0.05) is 32.0 Å². The number of carbonyl (C=O) groups excluding carboxylic acids is 1. The fourth-order valence-corrected chi connectivity index (χ4v) is 4.06. The highest BCUT2D eigenvalue weighted by Crippen LogP contribution is 2.38. The Kier molecular flexibility index (Phi) is 5.93. The normalized spacial score (nSPS) is 15.4. The Balaban J connectivity index is 1.58. The van der Waals surface area contributed by atoms with Crippen LogP contribution >= 0.6 is 0 Å². The number of nitrogens with one attached hydrogen (secondary N) is 1. The maximum absolute atomic E-state index is 13.5. The van der Waals surface area contributed by atoms with Crippen molar-refractivity contribution >= 4 is 11.9 Å². The molecule has 0 radical (unpaired) electrons. The van der Waals surface area contributed by atoms with Crippen molar-refractivity contribution in [1.82, 2.24) is 15.3 Å². The largest absolute Gasteiger partial charge is 0.497 e. The molecule has 2 aromatic carbocycles. The first-order valence-corrected chi connectivity index (χ1v) is 10.2. The first kappa shape index (κ1) is 19.9. The highest BCUT2D eigenvalue weighted by molar-refractivity contribution is 5.88. The van der Waals surface area contributed by atoms with Gasteiger partial charge in [-0.25, -0.2) is 9.97 Å². The molecule has 0 saturated carbocycles. The number of aromatic nitrogens is 2. The van der Waals surface area contributed by atoms with Gasteiger partial charge in [0.25, 0.3) is 0 Å². The van der Waals surface area contributed by atoms with E-state index < -0.39 is 5.41 Å². The van der Waals surface area contributed by atoms with Crippen molar-refractivity contribution in [1.29, 1.82) is 0 Å². The van der Waals surface area contributed by atoms with Crippen molar-refractivity contribution in [3.8, 4) is 5.75 Å². The van der Waals surface area contributed by atoms with Gasteiger partial charge in [-0.05, 0) is 42.2 Å². The van der Waals surface area contributed by atoms with E-state index in [0.717, 1.165) is 16.9 Å². The van der Waals surface area contributed by atoms with Crippen LogP contribution < -0.4 is 15.0 Å². The van der Waals surface area contributed by atoms with E-state index in [-0.39, 0.29) is 5.91 Å². The summed E-state index contributed by atoms with van der Waals surface area (Å²) in [5.74, 6) is 1.52. The van der Waals surface area contributed by atoms with Crippen LogP contribution in [0.2, 0.25) is 0 Å².